The molecule has 3 rings (SSSR count). The average Bonchev–Trinajstić information content (AvgIpc) is 3.22. The summed E-state index contributed by atoms with van der Waals surface area (Å²) in [6.45, 7) is 2.89. The van der Waals surface area contributed by atoms with Crippen LogP contribution in [0.1, 0.15) is 37.2 Å². The molecule has 8 nitrogen and oxygen atoms in total. The first-order valence-corrected chi connectivity index (χ1v) is 8.21. The molecule has 2 N–H and O–H groups in total. The van der Waals surface area contributed by atoms with Crippen LogP contribution in [-0.4, -0.2) is 55.4 Å². The molecule has 1 fully saturated rings. The van der Waals surface area contributed by atoms with Crippen LogP contribution in [-0.2, 0) is 6.54 Å². The van der Waals surface area contributed by atoms with Crippen LogP contribution in [0.15, 0.2) is 30.3 Å². The van der Waals surface area contributed by atoms with Crippen LogP contribution < -0.4 is 5.32 Å². The number of aliphatic hydroxyl groups excluding tert-OH is 1. The van der Waals surface area contributed by atoms with Gasteiger partial charge in [-0.25, -0.2) is 9.48 Å². The van der Waals surface area contributed by atoms with Gasteiger partial charge in [0.1, 0.15) is 0 Å². The lowest BCUT2D eigenvalue weighted by atomic mass is 10.2. The Labute approximate surface area is 140 Å². The monoisotopic (exact) mass is 330 g/mol. The molecule has 8 heteroatoms. The van der Waals surface area contributed by atoms with Crippen LogP contribution in [0.5, 0.6) is 0 Å². The van der Waals surface area contributed by atoms with E-state index in [1.807, 2.05) is 37.3 Å². The Morgan fingerprint density at radius 2 is 2.12 bits per heavy atom. The van der Waals surface area contributed by atoms with Gasteiger partial charge in [0.05, 0.1) is 25.2 Å². The van der Waals surface area contributed by atoms with E-state index >= 15 is 0 Å². The Morgan fingerprint density at radius 3 is 2.83 bits per heavy atom. The molecule has 2 atom stereocenters. The molecule has 1 aromatic heterocycles. The fraction of sp³-hybridized carbons (Fsp3) is 0.500. The summed E-state index contributed by atoms with van der Waals surface area (Å²) in [6, 6.07) is 9.30. The van der Waals surface area contributed by atoms with Crippen molar-refractivity contribution in [3.8, 4) is 0 Å². The Kier molecular flexibility index (Phi) is 5.05. The van der Waals surface area contributed by atoms with Gasteiger partial charge in [0.15, 0.2) is 5.82 Å². The van der Waals surface area contributed by atoms with Gasteiger partial charge in [0.2, 0.25) is 0 Å². The number of tetrazole rings is 1. The molecule has 0 bridgehead atoms. The Balaban J connectivity index is 1.85. The SMILES string of the molecule is CCNC(=O)N1[C@H](CO)CC[C@H]1c1nnnn1Cc1ccccc1. The minimum atomic E-state index is -0.229. The summed E-state index contributed by atoms with van der Waals surface area (Å²) in [4.78, 5) is 14.1. The van der Waals surface area contributed by atoms with E-state index in [4.69, 9.17) is 0 Å². The van der Waals surface area contributed by atoms with Crippen LogP contribution in [0.3, 0.4) is 0 Å². The summed E-state index contributed by atoms with van der Waals surface area (Å²) in [7, 11) is 0. The molecule has 128 valence electrons. The van der Waals surface area contributed by atoms with E-state index in [9.17, 15) is 9.90 Å². The summed E-state index contributed by atoms with van der Waals surface area (Å²) in [5, 5.41) is 24.4. The highest BCUT2D eigenvalue weighted by Crippen LogP contribution is 2.34. The van der Waals surface area contributed by atoms with E-state index in [1.165, 1.54) is 0 Å². The topological polar surface area (TPSA) is 96.2 Å². The molecule has 1 aliphatic rings. The Bertz CT molecular complexity index is 674. The van der Waals surface area contributed by atoms with Crippen molar-refractivity contribution in [1.29, 1.82) is 0 Å². The highest BCUT2D eigenvalue weighted by atomic mass is 16.3. The predicted octanol–water partition coefficient (Wildman–Crippen LogP) is 0.949. The van der Waals surface area contributed by atoms with Crippen molar-refractivity contribution in [2.45, 2.75) is 38.4 Å². The number of nitrogens with one attached hydrogen (secondary N) is 1. The number of rotatable bonds is 5. The zero-order valence-electron chi connectivity index (χ0n) is 13.7. The number of hydrogen-bond donors (Lipinski definition) is 2. The number of carbonyl (C=O) groups is 1. The van der Waals surface area contributed by atoms with Crippen molar-refractivity contribution in [2.75, 3.05) is 13.2 Å². The van der Waals surface area contributed by atoms with Crippen molar-refractivity contribution in [3.05, 3.63) is 41.7 Å². The average molecular weight is 330 g/mol. The molecule has 2 aromatic rings. The van der Waals surface area contributed by atoms with Crippen LogP contribution in [0.25, 0.3) is 0 Å². The number of benzene rings is 1. The Morgan fingerprint density at radius 1 is 1.33 bits per heavy atom. The van der Waals surface area contributed by atoms with Crippen molar-refractivity contribution < 1.29 is 9.90 Å². The minimum Gasteiger partial charge on any atom is -0.394 e. The van der Waals surface area contributed by atoms with Gasteiger partial charge < -0.3 is 15.3 Å². The van der Waals surface area contributed by atoms with E-state index in [0.29, 0.717) is 18.9 Å². The van der Waals surface area contributed by atoms with E-state index in [1.54, 1.807) is 9.58 Å². The van der Waals surface area contributed by atoms with Gasteiger partial charge in [0.25, 0.3) is 0 Å². The van der Waals surface area contributed by atoms with Crippen molar-refractivity contribution in [2.24, 2.45) is 0 Å². The van der Waals surface area contributed by atoms with Crippen molar-refractivity contribution >= 4 is 6.03 Å². The van der Waals surface area contributed by atoms with Gasteiger partial charge >= 0.3 is 6.03 Å². The standard InChI is InChI=1S/C16H22N6O2/c1-2-17-16(24)22-13(11-23)8-9-14(22)15-18-19-20-21(15)10-12-6-4-3-5-7-12/h3-7,13-14,23H,2,8-11H2,1H3,(H,17,24)/t13-,14-/m0/s1. The summed E-state index contributed by atoms with van der Waals surface area (Å²) in [5.41, 5.74) is 1.09. The molecule has 24 heavy (non-hydrogen) atoms. The zero-order chi connectivity index (χ0) is 16.9. The van der Waals surface area contributed by atoms with E-state index in [0.717, 1.165) is 18.4 Å². The number of nitrogens with zero attached hydrogens (tertiary/aromatic N) is 5. The second-order valence-corrected chi connectivity index (χ2v) is 5.85. The molecule has 2 heterocycles. The quantitative estimate of drug-likeness (QED) is 0.851. The molecular weight excluding hydrogens is 308 g/mol. The van der Waals surface area contributed by atoms with Crippen LogP contribution in [0.2, 0.25) is 0 Å². The molecule has 1 aliphatic heterocycles. The zero-order valence-corrected chi connectivity index (χ0v) is 13.7. The van der Waals surface area contributed by atoms with Gasteiger partial charge in [-0.2, -0.15) is 0 Å². The molecule has 2 amide bonds. The lowest BCUT2D eigenvalue weighted by Crippen LogP contribution is -2.45. The maximum absolute atomic E-state index is 12.4. The van der Waals surface area contributed by atoms with Crippen LogP contribution in [0.4, 0.5) is 4.79 Å². The fourth-order valence-corrected chi connectivity index (χ4v) is 3.18. The number of likely N-dealkylation sites (tertiary alicyclic amines) is 1. The first kappa shape index (κ1) is 16.4. The van der Waals surface area contributed by atoms with Gasteiger partial charge in [-0.1, -0.05) is 30.3 Å². The number of amides is 2. The molecule has 0 unspecified atom stereocenters. The van der Waals surface area contributed by atoms with E-state index in [-0.39, 0.29) is 24.7 Å². The second kappa shape index (κ2) is 7.39. The lowest BCUT2D eigenvalue weighted by Gasteiger charge is -2.28. The fourth-order valence-electron chi connectivity index (χ4n) is 3.18. The van der Waals surface area contributed by atoms with Gasteiger partial charge in [-0.3, -0.25) is 0 Å². The van der Waals surface area contributed by atoms with Crippen LogP contribution >= 0.6 is 0 Å². The number of aliphatic hydroxyl groups is 1. The smallest absolute Gasteiger partial charge is 0.318 e. The maximum Gasteiger partial charge on any atom is 0.318 e. The first-order chi connectivity index (χ1) is 11.7. The third-order valence-corrected chi connectivity index (χ3v) is 4.31. The molecule has 0 aliphatic carbocycles. The molecule has 1 saturated heterocycles. The van der Waals surface area contributed by atoms with Gasteiger partial charge in [0, 0.05) is 6.54 Å². The molecule has 0 saturated carbocycles. The first-order valence-electron chi connectivity index (χ1n) is 8.21. The Hall–Kier alpha value is -2.48. The van der Waals surface area contributed by atoms with Crippen molar-refractivity contribution in [3.63, 3.8) is 0 Å². The third kappa shape index (κ3) is 3.23. The number of carbonyl (C=O) groups excluding carboxylic acids is 1. The maximum atomic E-state index is 12.4. The molecular formula is C16H22N6O2. The largest absolute Gasteiger partial charge is 0.394 e. The lowest BCUT2D eigenvalue weighted by molar-refractivity contribution is 0.135. The highest BCUT2D eigenvalue weighted by molar-refractivity contribution is 5.75. The summed E-state index contributed by atoms with van der Waals surface area (Å²) in [5.74, 6) is 0.654. The summed E-state index contributed by atoms with van der Waals surface area (Å²) >= 11 is 0. The van der Waals surface area contributed by atoms with Gasteiger partial charge in [-0.15, -0.1) is 5.10 Å². The normalized spacial score (nSPS) is 20.3. The second-order valence-electron chi connectivity index (χ2n) is 5.85. The summed E-state index contributed by atoms with van der Waals surface area (Å²) < 4.78 is 1.73. The van der Waals surface area contributed by atoms with E-state index in [2.05, 4.69) is 20.8 Å². The molecule has 1 aromatic carbocycles. The number of hydrogen-bond acceptors (Lipinski definition) is 5. The van der Waals surface area contributed by atoms with Gasteiger partial charge in [-0.05, 0) is 35.8 Å². The van der Waals surface area contributed by atoms with Crippen molar-refractivity contribution in [1.82, 2.24) is 30.4 Å². The van der Waals surface area contributed by atoms with E-state index < -0.39 is 0 Å². The van der Waals surface area contributed by atoms with Crippen LogP contribution in [0, 0.1) is 0 Å². The highest BCUT2D eigenvalue weighted by Gasteiger charge is 2.40. The third-order valence-electron chi connectivity index (χ3n) is 4.31. The molecule has 0 radical (unpaired) electrons. The summed E-state index contributed by atoms with van der Waals surface area (Å²) in [6.07, 6.45) is 1.47. The molecule has 0 spiro atoms. The number of urea groups is 1. The number of aromatic nitrogens is 4. The minimum absolute atomic E-state index is 0.0616. The predicted molar refractivity (Wildman–Crippen MR) is 87.1 cm³/mol.